The molecule has 14 nitrogen and oxygen atoms in total. The van der Waals surface area contributed by atoms with Crippen molar-refractivity contribution in [1.82, 2.24) is 0 Å². The maximum absolute atomic E-state index is 5.64. The predicted molar refractivity (Wildman–Crippen MR) is 164 cm³/mol. The van der Waals surface area contributed by atoms with Crippen LogP contribution in [0.15, 0.2) is 24.3 Å². The molecule has 0 radical (unpaired) electrons. The molecule has 4 N–H and O–H groups in total. The molecule has 1 rings (SSSR count). The lowest BCUT2D eigenvalue weighted by molar-refractivity contribution is -0.0276. The van der Waals surface area contributed by atoms with E-state index in [1.165, 1.54) is 0 Å². The third kappa shape index (κ3) is 30.4. The van der Waals surface area contributed by atoms with Gasteiger partial charge in [-0.3, -0.25) is 0 Å². The number of anilines is 1. The van der Waals surface area contributed by atoms with Crippen molar-refractivity contribution in [2.45, 2.75) is 0 Å². The topological polar surface area (TPSA) is 163 Å². The Hall–Kier alpha value is -1.66. The van der Waals surface area contributed by atoms with Gasteiger partial charge in [-0.2, -0.15) is 0 Å². The van der Waals surface area contributed by atoms with Crippen LogP contribution in [-0.4, -0.2) is 159 Å². The lowest BCUT2D eigenvalue weighted by Crippen LogP contribution is -2.16. The zero-order valence-electron chi connectivity index (χ0n) is 26.3. The highest BCUT2D eigenvalue weighted by molar-refractivity contribution is 5.41. The molecular weight excluding hydrogens is 580 g/mol. The Labute approximate surface area is 262 Å². The monoisotopic (exact) mass is 636 g/mol. The van der Waals surface area contributed by atoms with Crippen LogP contribution in [0.5, 0.6) is 5.75 Å². The second kappa shape index (κ2) is 34.2. The fraction of sp³-hybridized carbons (Fsp3) is 0.800. The van der Waals surface area contributed by atoms with Crippen molar-refractivity contribution in [3.63, 3.8) is 0 Å². The predicted octanol–water partition coefficient (Wildman–Crippen LogP) is 0.789. The first-order valence-corrected chi connectivity index (χ1v) is 15.4. The van der Waals surface area contributed by atoms with Gasteiger partial charge in [-0.15, -0.1) is 0 Å². The zero-order chi connectivity index (χ0) is 31.4. The first-order valence-electron chi connectivity index (χ1n) is 15.4. The van der Waals surface area contributed by atoms with Crippen molar-refractivity contribution in [2.24, 2.45) is 5.73 Å². The average molecular weight is 637 g/mol. The van der Waals surface area contributed by atoms with E-state index in [-0.39, 0.29) is 0 Å². The molecule has 0 heterocycles. The van der Waals surface area contributed by atoms with Crippen LogP contribution in [0.1, 0.15) is 0 Å². The van der Waals surface area contributed by atoms with E-state index < -0.39 is 0 Å². The van der Waals surface area contributed by atoms with Gasteiger partial charge in [0.05, 0.1) is 145 Å². The van der Waals surface area contributed by atoms with Crippen molar-refractivity contribution >= 4 is 5.69 Å². The van der Waals surface area contributed by atoms with Crippen LogP contribution >= 0.6 is 0 Å². The second-order valence-electron chi connectivity index (χ2n) is 8.94. The number of hydrogen-bond donors (Lipinski definition) is 2. The summed E-state index contributed by atoms with van der Waals surface area (Å²) in [5, 5.41) is 0. The molecule has 0 amide bonds. The highest BCUT2D eigenvalue weighted by Gasteiger charge is 1.97. The lowest BCUT2D eigenvalue weighted by Gasteiger charge is -2.09. The smallest absolute Gasteiger partial charge is 0.119 e. The molecule has 0 aliphatic rings. The summed E-state index contributed by atoms with van der Waals surface area (Å²) in [4.78, 5) is 0. The largest absolute Gasteiger partial charge is 0.491 e. The number of hydrogen-bond acceptors (Lipinski definition) is 14. The van der Waals surface area contributed by atoms with Crippen LogP contribution < -0.4 is 16.2 Å². The van der Waals surface area contributed by atoms with Crippen molar-refractivity contribution in [3.8, 4) is 5.75 Å². The fourth-order valence-corrected chi connectivity index (χ4v) is 3.17. The summed E-state index contributed by atoms with van der Waals surface area (Å²) in [6.07, 6.45) is 0. The Bertz CT molecular complexity index is 690. The standard InChI is InChI=1S/C30H56N2O12/c31-5-6-33-7-8-34-9-10-35-11-12-36-13-14-37-15-16-38-17-18-39-19-20-40-21-22-41-23-24-42-25-26-43-27-28-44-30-3-1-29(32)2-4-30/h1-4H,5-28,31-32H2. The molecular formula is C30H56N2O12. The SMILES string of the molecule is NCCOCCOCCOCCOCCOCCOCCOCCOCCOCCOCCOCCOc1ccc(N)cc1. The highest BCUT2D eigenvalue weighted by Crippen LogP contribution is 2.12. The molecule has 1 aromatic carbocycles. The number of ether oxygens (including phenoxy) is 12. The minimum absolute atomic E-state index is 0.475. The van der Waals surface area contributed by atoms with Crippen molar-refractivity contribution in [2.75, 3.05) is 164 Å². The van der Waals surface area contributed by atoms with E-state index in [0.717, 1.165) is 5.75 Å². The van der Waals surface area contributed by atoms with E-state index in [0.29, 0.717) is 164 Å². The quantitative estimate of drug-likeness (QED) is 0.0785. The first-order chi connectivity index (χ1) is 21.8. The Balaban J connectivity index is 1.62. The Kier molecular flexibility index (Phi) is 31.4. The van der Waals surface area contributed by atoms with Gasteiger partial charge in [0, 0.05) is 12.2 Å². The van der Waals surface area contributed by atoms with Crippen molar-refractivity contribution in [1.29, 1.82) is 0 Å². The Morgan fingerprint density at radius 1 is 0.318 bits per heavy atom. The molecule has 0 bridgehead atoms. The summed E-state index contributed by atoms with van der Waals surface area (Å²) >= 11 is 0. The van der Waals surface area contributed by atoms with Gasteiger partial charge in [0.15, 0.2) is 0 Å². The van der Waals surface area contributed by atoms with Gasteiger partial charge in [0.2, 0.25) is 0 Å². The van der Waals surface area contributed by atoms with E-state index in [2.05, 4.69) is 0 Å². The van der Waals surface area contributed by atoms with Gasteiger partial charge in [0.1, 0.15) is 12.4 Å². The molecule has 0 spiro atoms. The summed E-state index contributed by atoms with van der Waals surface area (Å²) in [6.45, 7) is 12.4. The number of nitrogens with two attached hydrogens (primary N) is 2. The van der Waals surface area contributed by atoms with Crippen molar-refractivity contribution in [3.05, 3.63) is 24.3 Å². The number of rotatable bonds is 36. The van der Waals surface area contributed by atoms with Crippen LogP contribution in [0.3, 0.4) is 0 Å². The molecule has 0 aliphatic heterocycles. The van der Waals surface area contributed by atoms with Gasteiger partial charge in [-0.25, -0.2) is 0 Å². The molecule has 0 aliphatic carbocycles. The summed E-state index contributed by atoms with van der Waals surface area (Å²) in [7, 11) is 0. The highest BCUT2D eigenvalue weighted by atomic mass is 16.6. The van der Waals surface area contributed by atoms with Crippen LogP contribution in [0, 0.1) is 0 Å². The Morgan fingerprint density at radius 2 is 0.545 bits per heavy atom. The van der Waals surface area contributed by atoms with Gasteiger partial charge in [0.25, 0.3) is 0 Å². The molecule has 0 atom stereocenters. The van der Waals surface area contributed by atoms with E-state index in [1.807, 2.05) is 12.1 Å². The van der Waals surface area contributed by atoms with Crippen LogP contribution in [0.25, 0.3) is 0 Å². The summed E-state index contributed by atoms with van der Waals surface area (Å²) in [5.74, 6) is 0.771. The minimum atomic E-state index is 0.475. The maximum Gasteiger partial charge on any atom is 0.119 e. The zero-order valence-corrected chi connectivity index (χ0v) is 26.3. The van der Waals surface area contributed by atoms with E-state index in [4.69, 9.17) is 68.3 Å². The van der Waals surface area contributed by atoms with E-state index in [9.17, 15) is 0 Å². The van der Waals surface area contributed by atoms with Gasteiger partial charge in [-0.1, -0.05) is 0 Å². The van der Waals surface area contributed by atoms with Gasteiger partial charge >= 0.3 is 0 Å². The summed E-state index contributed by atoms with van der Waals surface area (Å²) in [6, 6.07) is 7.26. The normalized spacial score (nSPS) is 11.4. The lowest BCUT2D eigenvalue weighted by atomic mass is 10.3. The summed E-state index contributed by atoms with van der Waals surface area (Å²) in [5.41, 5.74) is 11.7. The molecule has 0 aromatic heterocycles. The van der Waals surface area contributed by atoms with Gasteiger partial charge in [-0.05, 0) is 24.3 Å². The molecule has 0 fully saturated rings. The first kappa shape index (κ1) is 40.4. The Morgan fingerprint density at radius 3 is 0.795 bits per heavy atom. The molecule has 1 aromatic rings. The van der Waals surface area contributed by atoms with Gasteiger partial charge < -0.3 is 68.3 Å². The molecule has 44 heavy (non-hydrogen) atoms. The summed E-state index contributed by atoms with van der Waals surface area (Å²) < 4.78 is 65.3. The molecule has 0 unspecified atom stereocenters. The average Bonchev–Trinajstić information content (AvgIpc) is 3.03. The van der Waals surface area contributed by atoms with Crippen LogP contribution in [-0.2, 0) is 52.1 Å². The number of nitrogen functional groups attached to an aromatic ring is 1. The van der Waals surface area contributed by atoms with Crippen LogP contribution in [0.4, 0.5) is 5.69 Å². The number of benzene rings is 1. The maximum atomic E-state index is 5.64. The molecule has 0 saturated carbocycles. The fourth-order valence-electron chi connectivity index (χ4n) is 3.17. The molecule has 14 heteroatoms. The van der Waals surface area contributed by atoms with E-state index >= 15 is 0 Å². The minimum Gasteiger partial charge on any atom is -0.491 e. The van der Waals surface area contributed by atoms with E-state index in [1.54, 1.807) is 12.1 Å². The molecule has 0 saturated heterocycles. The third-order valence-electron chi connectivity index (χ3n) is 5.36. The van der Waals surface area contributed by atoms with Crippen molar-refractivity contribution < 1.29 is 56.8 Å². The van der Waals surface area contributed by atoms with Crippen LogP contribution in [0.2, 0.25) is 0 Å². The second-order valence-corrected chi connectivity index (χ2v) is 8.94. The molecule has 258 valence electrons. The third-order valence-corrected chi connectivity index (χ3v) is 5.36.